The van der Waals surface area contributed by atoms with Gasteiger partial charge in [-0.3, -0.25) is 9.79 Å². The third-order valence-electron chi connectivity index (χ3n) is 0.963. The minimum atomic E-state index is -0.285. The van der Waals surface area contributed by atoms with Crippen LogP contribution >= 0.6 is 0 Å². The largest absolute Gasteiger partial charge is 0.515 e. The molecule has 0 bridgehead atoms. The van der Waals surface area contributed by atoms with Gasteiger partial charge in [0.15, 0.2) is 0 Å². The molecule has 0 saturated heterocycles. The number of nitrogens with one attached hydrogen (secondary N) is 1. The van der Waals surface area contributed by atoms with Gasteiger partial charge in [-0.25, -0.2) is 0 Å². The monoisotopic (exact) mass is 126 g/mol. The molecule has 1 amide bonds. The number of amides is 1. The van der Waals surface area contributed by atoms with Crippen molar-refractivity contribution < 1.29 is 9.90 Å². The molecule has 0 unspecified atom stereocenters. The SMILES string of the molecule is O=C1NCN=CC1=CO. The summed E-state index contributed by atoms with van der Waals surface area (Å²) < 4.78 is 0. The second-order valence-electron chi connectivity index (χ2n) is 1.56. The molecule has 0 fully saturated rings. The van der Waals surface area contributed by atoms with Crippen LogP contribution in [0.25, 0.3) is 0 Å². The van der Waals surface area contributed by atoms with E-state index >= 15 is 0 Å². The number of carbonyl (C=O) groups is 1. The zero-order valence-corrected chi connectivity index (χ0v) is 4.66. The third-order valence-corrected chi connectivity index (χ3v) is 0.963. The van der Waals surface area contributed by atoms with Crippen LogP contribution in [-0.4, -0.2) is 23.9 Å². The number of aliphatic hydroxyl groups excluding tert-OH is 1. The molecule has 1 rings (SSSR count). The number of nitrogens with zero attached hydrogens (tertiary/aromatic N) is 1. The number of hydrogen-bond donors (Lipinski definition) is 2. The molecule has 0 saturated carbocycles. The number of carbonyl (C=O) groups excluding carboxylic acids is 1. The van der Waals surface area contributed by atoms with E-state index in [0.717, 1.165) is 6.26 Å². The van der Waals surface area contributed by atoms with Crippen LogP contribution in [0.5, 0.6) is 0 Å². The number of aliphatic hydroxyl groups is 1. The van der Waals surface area contributed by atoms with Gasteiger partial charge in [-0.15, -0.1) is 0 Å². The minimum absolute atomic E-state index is 0.196. The Morgan fingerprint density at radius 2 is 2.67 bits per heavy atom. The van der Waals surface area contributed by atoms with Crippen LogP contribution in [0.15, 0.2) is 16.8 Å². The molecule has 2 N–H and O–H groups in total. The molecule has 1 heterocycles. The molecule has 48 valence electrons. The lowest BCUT2D eigenvalue weighted by atomic mass is 10.3. The molecule has 0 aliphatic carbocycles. The fourth-order valence-corrected chi connectivity index (χ4v) is 0.514. The highest BCUT2D eigenvalue weighted by Crippen LogP contribution is 1.92. The summed E-state index contributed by atoms with van der Waals surface area (Å²) in [5.41, 5.74) is 0.196. The van der Waals surface area contributed by atoms with Crippen molar-refractivity contribution in [2.45, 2.75) is 0 Å². The van der Waals surface area contributed by atoms with E-state index in [4.69, 9.17) is 5.11 Å². The average molecular weight is 126 g/mol. The van der Waals surface area contributed by atoms with Gasteiger partial charge in [0.05, 0.1) is 11.8 Å². The lowest BCUT2D eigenvalue weighted by Gasteiger charge is -2.05. The van der Waals surface area contributed by atoms with Crippen molar-refractivity contribution in [1.29, 1.82) is 0 Å². The van der Waals surface area contributed by atoms with Gasteiger partial charge in [-0.1, -0.05) is 0 Å². The van der Waals surface area contributed by atoms with Crippen LogP contribution in [0.3, 0.4) is 0 Å². The van der Waals surface area contributed by atoms with E-state index < -0.39 is 0 Å². The Bertz CT molecular complexity index is 183. The molecule has 4 nitrogen and oxygen atoms in total. The van der Waals surface area contributed by atoms with Crippen LogP contribution in [0.1, 0.15) is 0 Å². The van der Waals surface area contributed by atoms with Crippen molar-refractivity contribution in [3.63, 3.8) is 0 Å². The Kier molecular flexibility index (Phi) is 1.48. The summed E-state index contributed by atoms with van der Waals surface area (Å²) >= 11 is 0. The first-order chi connectivity index (χ1) is 4.34. The average Bonchev–Trinajstić information content (AvgIpc) is 1.89. The van der Waals surface area contributed by atoms with Crippen molar-refractivity contribution in [3.05, 3.63) is 11.8 Å². The van der Waals surface area contributed by atoms with Crippen molar-refractivity contribution >= 4 is 12.1 Å². The quantitative estimate of drug-likeness (QED) is 0.342. The Labute approximate surface area is 51.9 Å². The molecule has 0 aromatic heterocycles. The summed E-state index contributed by atoms with van der Waals surface area (Å²) in [4.78, 5) is 14.3. The highest BCUT2D eigenvalue weighted by atomic mass is 16.2. The van der Waals surface area contributed by atoms with Crippen molar-refractivity contribution in [2.75, 3.05) is 6.67 Å². The summed E-state index contributed by atoms with van der Waals surface area (Å²) in [6.45, 7) is 0.302. The smallest absolute Gasteiger partial charge is 0.257 e. The molecule has 1 aliphatic rings. The maximum Gasteiger partial charge on any atom is 0.257 e. The van der Waals surface area contributed by atoms with Crippen molar-refractivity contribution in [3.8, 4) is 0 Å². The molecular weight excluding hydrogens is 120 g/mol. The summed E-state index contributed by atoms with van der Waals surface area (Å²) in [6, 6.07) is 0. The van der Waals surface area contributed by atoms with Gasteiger partial charge in [0.1, 0.15) is 6.67 Å². The van der Waals surface area contributed by atoms with Gasteiger partial charge in [0.2, 0.25) is 0 Å². The Balaban J connectivity index is 2.81. The van der Waals surface area contributed by atoms with Gasteiger partial charge in [-0.05, 0) is 0 Å². The molecule has 0 spiro atoms. The van der Waals surface area contributed by atoms with E-state index in [-0.39, 0.29) is 11.5 Å². The normalized spacial score (nSPS) is 22.2. The first-order valence-electron chi connectivity index (χ1n) is 2.47. The van der Waals surface area contributed by atoms with E-state index in [2.05, 4.69) is 10.3 Å². The molecule has 1 aliphatic heterocycles. The highest BCUT2D eigenvalue weighted by Gasteiger charge is 2.08. The van der Waals surface area contributed by atoms with E-state index in [1.54, 1.807) is 0 Å². The maximum atomic E-state index is 10.6. The van der Waals surface area contributed by atoms with Gasteiger partial charge < -0.3 is 10.4 Å². The fourth-order valence-electron chi connectivity index (χ4n) is 0.514. The van der Waals surface area contributed by atoms with Crippen LogP contribution in [0, 0.1) is 0 Å². The standard InChI is InChI=1S/C5H6N2O2/c8-2-4-1-6-3-7-5(4)9/h1-2,8H,3H2,(H,7,9). The van der Waals surface area contributed by atoms with Crippen molar-refractivity contribution in [2.24, 2.45) is 4.99 Å². The topological polar surface area (TPSA) is 61.7 Å². The van der Waals surface area contributed by atoms with Gasteiger partial charge in [-0.2, -0.15) is 0 Å². The summed E-state index contributed by atoms with van der Waals surface area (Å²) in [5, 5.41) is 10.8. The van der Waals surface area contributed by atoms with E-state index in [9.17, 15) is 4.79 Å². The number of rotatable bonds is 0. The first kappa shape index (κ1) is 5.81. The van der Waals surface area contributed by atoms with Crippen molar-refractivity contribution in [1.82, 2.24) is 5.32 Å². The molecular formula is C5H6N2O2. The molecule has 0 atom stereocenters. The molecule has 0 radical (unpaired) electrons. The summed E-state index contributed by atoms with van der Waals surface area (Å²) in [5.74, 6) is -0.285. The predicted molar refractivity (Wildman–Crippen MR) is 32.2 cm³/mol. The Morgan fingerprint density at radius 1 is 1.89 bits per heavy atom. The second-order valence-corrected chi connectivity index (χ2v) is 1.56. The first-order valence-corrected chi connectivity index (χ1v) is 2.47. The number of hydrogen-bond acceptors (Lipinski definition) is 3. The minimum Gasteiger partial charge on any atom is -0.515 e. The predicted octanol–water partition coefficient (Wildman–Crippen LogP) is -0.414. The second kappa shape index (κ2) is 2.30. The lowest BCUT2D eigenvalue weighted by molar-refractivity contribution is -0.117. The van der Waals surface area contributed by atoms with Gasteiger partial charge in [0, 0.05) is 6.21 Å². The van der Waals surface area contributed by atoms with Crippen LogP contribution in [-0.2, 0) is 4.79 Å². The highest BCUT2D eigenvalue weighted by molar-refractivity contribution is 6.12. The molecule has 0 aromatic carbocycles. The van der Waals surface area contributed by atoms with E-state index in [1.165, 1.54) is 6.21 Å². The summed E-state index contributed by atoms with van der Waals surface area (Å²) in [6.07, 6.45) is 2.07. The Morgan fingerprint density at radius 3 is 3.11 bits per heavy atom. The molecule has 4 heteroatoms. The van der Waals surface area contributed by atoms with Crippen LogP contribution in [0.2, 0.25) is 0 Å². The fraction of sp³-hybridized carbons (Fsp3) is 0.200. The zero-order chi connectivity index (χ0) is 6.69. The van der Waals surface area contributed by atoms with Crippen LogP contribution < -0.4 is 5.32 Å². The lowest BCUT2D eigenvalue weighted by Crippen LogP contribution is -2.29. The van der Waals surface area contributed by atoms with E-state index in [1.807, 2.05) is 0 Å². The van der Waals surface area contributed by atoms with E-state index in [0.29, 0.717) is 6.67 Å². The zero-order valence-electron chi connectivity index (χ0n) is 4.66. The summed E-state index contributed by atoms with van der Waals surface area (Å²) in [7, 11) is 0. The van der Waals surface area contributed by atoms with Crippen LogP contribution in [0.4, 0.5) is 0 Å². The molecule has 0 aromatic rings. The number of aliphatic imine (C=N–C) groups is 1. The third kappa shape index (κ3) is 1.07. The Hall–Kier alpha value is -1.32. The maximum absolute atomic E-state index is 10.6. The van der Waals surface area contributed by atoms with Gasteiger partial charge in [0.25, 0.3) is 5.91 Å². The van der Waals surface area contributed by atoms with Gasteiger partial charge >= 0.3 is 0 Å². The molecule has 9 heavy (non-hydrogen) atoms.